The molecule has 1 aromatic carbocycles. The van der Waals surface area contributed by atoms with E-state index in [1.807, 2.05) is 31.2 Å². The first-order chi connectivity index (χ1) is 10.7. The molecule has 1 aliphatic heterocycles. The highest BCUT2D eigenvalue weighted by atomic mass is 35.5. The maximum atomic E-state index is 11.8. The molecule has 0 amide bonds. The highest BCUT2D eigenvalue weighted by Crippen LogP contribution is 2.20. The molecule has 1 aliphatic rings. The number of likely N-dealkylation sites (tertiary alicyclic amines) is 1. The molecule has 130 valence electrons. The summed E-state index contributed by atoms with van der Waals surface area (Å²) in [4.78, 5) is 14.1. The van der Waals surface area contributed by atoms with Crippen molar-refractivity contribution in [2.45, 2.75) is 19.8 Å². The Bertz CT molecular complexity index is 483. The molecule has 0 aromatic heterocycles. The van der Waals surface area contributed by atoms with E-state index in [0.29, 0.717) is 13.2 Å². The molecular weight excluding hydrogens is 318 g/mol. The number of carbonyl (C=O) groups is 1. The van der Waals surface area contributed by atoms with Crippen molar-refractivity contribution in [3.8, 4) is 11.5 Å². The fourth-order valence-corrected chi connectivity index (χ4v) is 2.69. The summed E-state index contributed by atoms with van der Waals surface area (Å²) in [7, 11) is 1.64. The summed E-state index contributed by atoms with van der Waals surface area (Å²) in [5.74, 6) is 1.53. The smallest absolute Gasteiger partial charge is 0.310 e. The SMILES string of the molecule is CCOC(=O)C1CCCN(CCOc2cccc(OC)c2)C1.Cl. The second-order valence-corrected chi connectivity index (χ2v) is 5.42. The van der Waals surface area contributed by atoms with Crippen molar-refractivity contribution in [3.05, 3.63) is 24.3 Å². The van der Waals surface area contributed by atoms with E-state index >= 15 is 0 Å². The summed E-state index contributed by atoms with van der Waals surface area (Å²) in [6.45, 7) is 5.49. The van der Waals surface area contributed by atoms with E-state index in [1.54, 1.807) is 7.11 Å². The minimum Gasteiger partial charge on any atom is -0.497 e. The summed E-state index contributed by atoms with van der Waals surface area (Å²) in [5.41, 5.74) is 0. The highest BCUT2D eigenvalue weighted by Gasteiger charge is 2.26. The zero-order valence-corrected chi connectivity index (χ0v) is 14.6. The summed E-state index contributed by atoms with van der Waals surface area (Å²) in [6.07, 6.45) is 1.95. The number of carbonyl (C=O) groups excluding carboxylic acids is 1. The van der Waals surface area contributed by atoms with E-state index in [9.17, 15) is 4.79 Å². The van der Waals surface area contributed by atoms with Gasteiger partial charge in [-0.1, -0.05) is 6.07 Å². The van der Waals surface area contributed by atoms with Crippen LogP contribution in [-0.2, 0) is 9.53 Å². The minimum atomic E-state index is -0.0686. The molecular formula is C17H26ClNO4. The third kappa shape index (κ3) is 6.28. The molecule has 1 fully saturated rings. The Labute approximate surface area is 144 Å². The van der Waals surface area contributed by atoms with Gasteiger partial charge in [0.2, 0.25) is 0 Å². The molecule has 0 saturated carbocycles. The largest absolute Gasteiger partial charge is 0.497 e. The quantitative estimate of drug-likeness (QED) is 0.712. The van der Waals surface area contributed by atoms with Crippen molar-refractivity contribution in [1.29, 1.82) is 0 Å². The van der Waals surface area contributed by atoms with Crippen LogP contribution in [0.5, 0.6) is 11.5 Å². The zero-order valence-electron chi connectivity index (χ0n) is 13.8. The number of methoxy groups -OCH3 is 1. The molecule has 1 saturated heterocycles. The molecule has 1 heterocycles. The van der Waals surface area contributed by atoms with Crippen molar-refractivity contribution < 1.29 is 19.0 Å². The first-order valence-electron chi connectivity index (χ1n) is 7.88. The lowest BCUT2D eigenvalue weighted by molar-refractivity contribution is -0.150. The van der Waals surface area contributed by atoms with Crippen molar-refractivity contribution in [2.75, 3.05) is 40.0 Å². The van der Waals surface area contributed by atoms with Crippen molar-refractivity contribution in [1.82, 2.24) is 4.90 Å². The summed E-state index contributed by atoms with van der Waals surface area (Å²) in [5, 5.41) is 0. The minimum absolute atomic E-state index is 0. The van der Waals surface area contributed by atoms with Gasteiger partial charge in [-0.25, -0.2) is 0 Å². The lowest BCUT2D eigenvalue weighted by atomic mass is 9.98. The lowest BCUT2D eigenvalue weighted by Crippen LogP contribution is -2.41. The number of hydrogen-bond acceptors (Lipinski definition) is 5. The van der Waals surface area contributed by atoms with Crippen molar-refractivity contribution in [3.63, 3.8) is 0 Å². The van der Waals surface area contributed by atoms with E-state index < -0.39 is 0 Å². The van der Waals surface area contributed by atoms with Crippen LogP contribution in [0, 0.1) is 5.92 Å². The Morgan fingerprint density at radius 3 is 2.87 bits per heavy atom. The zero-order chi connectivity index (χ0) is 15.8. The number of esters is 1. The van der Waals surface area contributed by atoms with E-state index in [-0.39, 0.29) is 24.3 Å². The fraction of sp³-hybridized carbons (Fsp3) is 0.588. The number of hydrogen-bond donors (Lipinski definition) is 0. The molecule has 0 N–H and O–H groups in total. The van der Waals surface area contributed by atoms with Gasteiger partial charge in [-0.2, -0.15) is 0 Å². The number of ether oxygens (including phenoxy) is 3. The van der Waals surface area contributed by atoms with Crippen LogP contribution in [0.3, 0.4) is 0 Å². The van der Waals surface area contributed by atoms with Crippen LogP contribution in [0.2, 0.25) is 0 Å². The van der Waals surface area contributed by atoms with Crippen molar-refractivity contribution in [2.24, 2.45) is 5.92 Å². The van der Waals surface area contributed by atoms with Crippen LogP contribution in [0.15, 0.2) is 24.3 Å². The van der Waals surface area contributed by atoms with Gasteiger partial charge in [0.25, 0.3) is 0 Å². The maximum Gasteiger partial charge on any atom is 0.310 e. The van der Waals surface area contributed by atoms with Gasteiger partial charge in [0.1, 0.15) is 18.1 Å². The predicted molar refractivity (Wildman–Crippen MR) is 91.5 cm³/mol. The number of nitrogens with zero attached hydrogens (tertiary/aromatic N) is 1. The standard InChI is InChI=1S/C17H25NO4.ClH/c1-3-21-17(19)14-6-5-9-18(13-14)10-11-22-16-8-4-7-15(12-16)20-2;/h4,7-8,12,14H,3,5-6,9-11,13H2,1-2H3;1H. The van der Waals surface area contributed by atoms with Gasteiger partial charge in [-0.3, -0.25) is 9.69 Å². The van der Waals surface area contributed by atoms with E-state index in [2.05, 4.69) is 4.90 Å². The van der Waals surface area contributed by atoms with E-state index in [1.165, 1.54) is 0 Å². The Hall–Kier alpha value is -1.46. The molecule has 2 rings (SSSR count). The molecule has 1 atom stereocenters. The van der Waals surface area contributed by atoms with Crippen LogP contribution in [0.1, 0.15) is 19.8 Å². The second-order valence-electron chi connectivity index (χ2n) is 5.42. The Balaban J connectivity index is 0.00000264. The third-order valence-corrected chi connectivity index (χ3v) is 3.84. The van der Waals surface area contributed by atoms with E-state index in [4.69, 9.17) is 14.2 Å². The normalized spacial score (nSPS) is 17.9. The number of halogens is 1. The third-order valence-electron chi connectivity index (χ3n) is 3.84. The molecule has 0 radical (unpaired) electrons. The fourth-order valence-electron chi connectivity index (χ4n) is 2.69. The van der Waals surface area contributed by atoms with Gasteiger partial charge in [-0.05, 0) is 38.4 Å². The van der Waals surface area contributed by atoms with Gasteiger partial charge in [0, 0.05) is 19.2 Å². The van der Waals surface area contributed by atoms with Crippen LogP contribution < -0.4 is 9.47 Å². The number of piperidine rings is 1. The first kappa shape index (κ1) is 19.6. The van der Waals surface area contributed by atoms with Crippen LogP contribution in [0.25, 0.3) is 0 Å². The predicted octanol–water partition coefficient (Wildman–Crippen LogP) is 2.77. The Kier molecular flexibility index (Phi) is 8.81. The topological polar surface area (TPSA) is 48.0 Å². The number of benzene rings is 1. The van der Waals surface area contributed by atoms with Gasteiger partial charge in [-0.15, -0.1) is 12.4 Å². The van der Waals surface area contributed by atoms with E-state index in [0.717, 1.165) is 44.0 Å². The first-order valence-corrected chi connectivity index (χ1v) is 7.88. The van der Waals surface area contributed by atoms with Crippen LogP contribution >= 0.6 is 12.4 Å². The van der Waals surface area contributed by atoms with Crippen LogP contribution in [0.4, 0.5) is 0 Å². The van der Waals surface area contributed by atoms with Gasteiger partial charge < -0.3 is 14.2 Å². The van der Waals surface area contributed by atoms with Gasteiger partial charge in [0.05, 0.1) is 19.6 Å². The molecule has 5 nitrogen and oxygen atoms in total. The highest BCUT2D eigenvalue weighted by molar-refractivity contribution is 5.85. The Morgan fingerprint density at radius 2 is 2.13 bits per heavy atom. The van der Waals surface area contributed by atoms with Crippen molar-refractivity contribution >= 4 is 18.4 Å². The summed E-state index contributed by atoms with van der Waals surface area (Å²) < 4.78 is 16.0. The average Bonchev–Trinajstić information content (AvgIpc) is 2.55. The van der Waals surface area contributed by atoms with Crippen LogP contribution in [-0.4, -0.2) is 50.8 Å². The molecule has 0 bridgehead atoms. The molecule has 6 heteroatoms. The summed E-state index contributed by atoms with van der Waals surface area (Å²) >= 11 is 0. The summed E-state index contributed by atoms with van der Waals surface area (Å²) in [6, 6.07) is 7.59. The number of rotatable bonds is 7. The molecule has 0 spiro atoms. The lowest BCUT2D eigenvalue weighted by Gasteiger charge is -2.31. The average molecular weight is 344 g/mol. The molecule has 23 heavy (non-hydrogen) atoms. The Morgan fingerprint density at radius 1 is 1.35 bits per heavy atom. The molecule has 0 aliphatic carbocycles. The molecule has 1 unspecified atom stereocenters. The molecule has 1 aromatic rings. The van der Waals surface area contributed by atoms with Gasteiger partial charge >= 0.3 is 5.97 Å². The van der Waals surface area contributed by atoms with Gasteiger partial charge in [0.15, 0.2) is 0 Å². The monoisotopic (exact) mass is 343 g/mol. The second kappa shape index (κ2) is 10.3. The maximum absolute atomic E-state index is 11.8.